The van der Waals surface area contributed by atoms with Crippen LogP contribution >= 0.6 is 0 Å². The van der Waals surface area contributed by atoms with Crippen LogP contribution in [0, 0.1) is 5.92 Å². The largest absolute Gasteiger partial charge is 0.399 e. The molecule has 1 aliphatic carbocycles. The number of benzene rings is 1. The van der Waals surface area contributed by atoms with Crippen molar-refractivity contribution in [2.75, 3.05) is 18.8 Å². The molecular weight excluding hydrogens is 244 g/mol. The monoisotopic (exact) mass is 272 g/mol. The Labute approximate surface area is 123 Å². The molecule has 110 valence electrons. The summed E-state index contributed by atoms with van der Waals surface area (Å²) in [6, 6.07) is 9.30. The molecule has 0 bridgehead atoms. The predicted octanol–water partition coefficient (Wildman–Crippen LogP) is 3.86. The molecule has 2 fully saturated rings. The van der Waals surface area contributed by atoms with Gasteiger partial charge in [0.25, 0.3) is 0 Å². The van der Waals surface area contributed by atoms with Crippen LogP contribution < -0.4 is 5.73 Å². The quantitative estimate of drug-likeness (QED) is 0.825. The number of nitrogens with zero attached hydrogens (tertiary/aromatic N) is 1. The van der Waals surface area contributed by atoms with Crippen LogP contribution in [0.5, 0.6) is 0 Å². The number of hydrogen-bond acceptors (Lipinski definition) is 2. The second-order valence-electron chi connectivity index (χ2n) is 6.64. The second-order valence-corrected chi connectivity index (χ2v) is 6.64. The van der Waals surface area contributed by atoms with E-state index in [1.165, 1.54) is 70.0 Å². The van der Waals surface area contributed by atoms with Gasteiger partial charge in [-0.2, -0.15) is 0 Å². The van der Waals surface area contributed by atoms with Gasteiger partial charge in [-0.05, 0) is 75.2 Å². The van der Waals surface area contributed by atoms with Crippen molar-refractivity contribution >= 4 is 5.69 Å². The van der Waals surface area contributed by atoms with Gasteiger partial charge in [-0.1, -0.05) is 25.0 Å². The third kappa shape index (κ3) is 3.35. The summed E-state index contributed by atoms with van der Waals surface area (Å²) in [5, 5.41) is 0. The lowest BCUT2D eigenvalue weighted by Gasteiger charge is -2.29. The maximum atomic E-state index is 5.73. The van der Waals surface area contributed by atoms with E-state index < -0.39 is 0 Å². The maximum absolute atomic E-state index is 5.73. The van der Waals surface area contributed by atoms with Crippen molar-refractivity contribution in [1.29, 1.82) is 0 Å². The van der Waals surface area contributed by atoms with Gasteiger partial charge in [-0.15, -0.1) is 0 Å². The number of rotatable bonds is 5. The van der Waals surface area contributed by atoms with E-state index >= 15 is 0 Å². The minimum absolute atomic E-state index is 0.870. The zero-order chi connectivity index (χ0) is 13.8. The Morgan fingerprint density at radius 1 is 1.00 bits per heavy atom. The molecule has 1 saturated carbocycles. The number of likely N-dealkylation sites (tertiary alicyclic amines) is 1. The van der Waals surface area contributed by atoms with E-state index in [-0.39, 0.29) is 0 Å². The molecule has 2 aliphatic rings. The maximum Gasteiger partial charge on any atom is 0.0314 e. The number of anilines is 1. The number of nitrogens with two attached hydrogens (primary N) is 1. The van der Waals surface area contributed by atoms with Crippen LogP contribution in [0.25, 0.3) is 0 Å². The van der Waals surface area contributed by atoms with Crippen LogP contribution in [0.1, 0.15) is 50.5 Å². The lowest BCUT2D eigenvalue weighted by Crippen LogP contribution is -2.35. The van der Waals surface area contributed by atoms with Gasteiger partial charge in [-0.25, -0.2) is 0 Å². The number of aryl methyl sites for hydroxylation is 1. The molecule has 1 unspecified atom stereocenters. The fraction of sp³-hybridized carbons (Fsp3) is 0.667. The van der Waals surface area contributed by atoms with Crippen molar-refractivity contribution in [2.24, 2.45) is 5.92 Å². The van der Waals surface area contributed by atoms with Crippen LogP contribution in [-0.4, -0.2) is 24.0 Å². The molecular formula is C18H28N2. The summed E-state index contributed by atoms with van der Waals surface area (Å²) >= 11 is 0. The van der Waals surface area contributed by atoms with Crippen molar-refractivity contribution in [3.05, 3.63) is 29.8 Å². The SMILES string of the molecule is Nc1ccc(CCCN2CCCC2C2CCCC2)cc1. The van der Waals surface area contributed by atoms with E-state index in [1.807, 2.05) is 12.1 Å². The molecule has 1 heterocycles. The second kappa shape index (κ2) is 6.62. The summed E-state index contributed by atoms with van der Waals surface area (Å²) in [6.07, 6.45) is 11.3. The summed E-state index contributed by atoms with van der Waals surface area (Å²) in [5.41, 5.74) is 8.03. The van der Waals surface area contributed by atoms with Gasteiger partial charge in [-0.3, -0.25) is 0 Å². The molecule has 0 radical (unpaired) electrons. The summed E-state index contributed by atoms with van der Waals surface area (Å²) in [5.74, 6) is 1.01. The fourth-order valence-electron chi connectivity index (χ4n) is 4.18. The molecule has 1 saturated heterocycles. The molecule has 3 rings (SSSR count). The van der Waals surface area contributed by atoms with Crippen molar-refractivity contribution in [3.8, 4) is 0 Å². The molecule has 2 heteroatoms. The van der Waals surface area contributed by atoms with Crippen LogP contribution in [-0.2, 0) is 6.42 Å². The van der Waals surface area contributed by atoms with Gasteiger partial charge in [0.1, 0.15) is 0 Å². The Bertz CT molecular complexity index is 406. The molecule has 2 nitrogen and oxygen atoms in total. The highest BCUT2D eigenvalue weighted by molar-refractivity contribution is 5.39. The number of hydrogen-bond donors (Lipinski definition) is 1. The van der Waals surface area contributed by atoms with Crippen LogP contribution in [0.15, 0.2) is 24.3 Å². The summed E-state index contributed by atoms with van der Waals surface area (Å²) in [4.78, 5) is 2.79. The Kier molecular flexibility index (Phi) is 4.62. The predicted molar refractivity (Wildman–Crippen MR) is 85.7 cm³/mol. The summed E-state index contributed by atoms with van der Waals surface area (Å²) in [7, 11) is 0. The summed E-state index contributed by atoms with van der Waals surface area (Å²) in [6.45, 7) is 2.62. The average Bonchev–Trinajstić information content (AvgIpc) is 3.11. The van der Waals surface area contributed by atoms with E-state index in [4.69, 9.17) is 5.73 Å². The first-order valence-electron chi connectivity index (χ1n) is 8.41. The first kappa shape index (κ1) is 13.9. The standard InChI is InChI=1S/C18H28N2/c19-17-11-9-15(10-12-17)5-3-13-20-14-4-8-18(20)16-6-1-2-7-16/h9-12,16,18H,1-8,13-14,19H2. The normalized spacial score (nSPS) is 24.5. The summed E-state index contributed by atoms with van der Waals surface area (Å²) < 4.78 is 0. The molecule has 1 aromatic carbocycles. The van der Waals surface area contributed by atoms with Crippen molar-refractivity contribution in [2.45, 2.75) is 57.4 Å². The molecule has 2 N–H and O–H groups in total. The van der Waals surface area contributed by atoms with Gasteiger partial charge in [0.2, 0.25) is 0 Å². The molecule has 1 atom stereocenters. The van der Waals surface area contributed by atoms with Gasteiger partial charge in [0.15, 0.2) is 0 Å². The Morgan fingerprint density at radius 2 is 1.75 bits per heavy atom. The van der Waals surface area contributed by atoms with Crippen LogP contribution in [0.3, 0.4) is 0 Å². The Hall–Kier alpha value is -1.02. The fourth-order valence-corrected chi connectivity index (χ4v) is 4.18. The zero-order valence-corrected chi connectivity index (χ0v) is 12.6. The molecule has 20 heavy (non-hydrogen) atoms. The van der Waals surface area contributed by atoms with Crippen molar-refractivity contribution < 1.29 is 0 Å². The molecule has 0 amide bonds. The van der Waals surface area contributed by atoms with Crippen molar-refractivity contribution in [3.63, 3.8) is 0 Å². The molecule has 1 aromatic rings. The van der Waals surface area contributed by atoms with Gasteiger partial charge < -0.3 is 10.6 Å². The lowest BCUT2D eigenvalue weighted by atomic mass is 9.96. The van der Waals surface area contributed by atoms with Crippen LogP contribution in [0.4, 0.5) is 5.69 Å². The van der Waals surface area contributed by atoms with Gasteiger partial charge >= 0.3 is 0 Å². The highest BCUT2D eigenvalue weighted by Crippen LogP contribution is 2.35. The van der Waals surface area contributed by atoms with E-state index in [2.05, 4.69) is 17.0 Å². The topological polar surface area (TPSA) is 29.3 Å². The van der Waals surface area contributed by atoms with Gasteiger partial charge in [0, 0.05) is 11.7 Å². The molecule has 0 aromatic heterocycles. The van der Waals surface area contributed by atoms with Crippen molar-refractivity contribution in [1.82, 2.24) is 4.90 Å². The van der Waals surface area contributed by atoms with Crippen LogP contribution in [0.2, 0.25) is 0 Å². The highest BCUT2D eigenvalue weighted by Gasteiger charge is 2.32. The van der Waals surface area contributed by atoms with E-state index in [1.54, 1.807) is 0 Å². The van der Waals surface area contributed by atoms with E-state index in [9.17, 15) is 0 Å². The molecule has 0 spiro atoms. The number of nitrogen functional groups attached to an aromatic ring is 1. The Morgan fingerprint density at radius 3 is 2.50 bits per heavy atom. The third-order valence-electron chi connectivity index (χ3n) is 5.25. The van der Waals surface area contributed by atoms with E-state index in [0.717, 1.165) is 17.6 Å². The Balaban J connectivity index is 1.46. The minimum Gasteiger partial charge on any atom is -0.399 e. The zero-order valence-electron chi connectivity index (χ0n) is 12.6. The first-order chi connectivity index (χ1) is 9.83. The first-order valence-corrected chi connectivity index (χ1v) is 8.41. The highest BCUT2D eigenvalue weighted by atomic mass is 15.2. The van der Waals surface area contributed by atoms with E-state index in [0.29, 0.717) is 0 Å². The van der Waals surface area contributed by atoms with Gasteiger partial charge in [0.05, 0.1) is 0 Å². The lowest BCUT2D eigenvalue weighted by molar-refractivity contribution is 0.189. The smallest absolute Gasteiger partial charge is 0.0314 e. The third-order valence-corrected chi connectivity index (χ3v) is 5.25. The minimum atomic E-state index is 0.870. The average molecular weight is 272 g/mol. The molecule has 1 aliphatic heterocycles.